The number of allylic oxidation sites excluding steroid dienone is 1. The first-order chi connectivity index (χ1) is 11.4. The molecule has 2 heterocycles. The van der Waals surface area contributed by atoms with Gasteiger partial charge in [-0.25, -0.2) is 0 Å². The highest BCUT2D eigenvalue weighted by Crippen LogP contribution is 2.46. The van der Waals surface area contributed by atoms with Crippen LogP contribution in [0.25, 0.3) is 0 Å². The molecule has 1 aliphatic rings. The van der Waals surface area contributed by atoms with Crippen LogP contribution in [0.4, 0.5) is 13.2 Å². The second-order valence-corrected chi connectivity index (χ2v) is 5.01. The molecule has 0 unspecified atom stereocenters. The lowest BCUT2D eigenvalue weighted by molar-refractivity contribution is -0.141. The number of alkyl halides is 3. The van der Waals surface area contributed by atoms with E-state index in [-0.39, 0.29) is 22.9 Å². The average molecular weight is 336 g/mol. The predicted octanol–water partition coefficient (Wildman–Crippen LogP) is 2.66. The summed E-state index contributed by atoms with van der Waals surface area (Å²) in [6.45, 7) is 0. The fourth-order valence-electron chi connectivity index (χ4n) is 2.59. The lowest BCUT2D eigenvalue weighted by Crippen LogP contribution is -2.22. The quantitative estimate of drug-likeness (QED) is 0.879. The topological polar surface area (TPSA) is 96.9 Å². The van der Waals surface area contributed by atoms with Gasteiger partial charge in [-0.05, 0) is 17.7 Å². The third-order valence-electron chi connectivity index (χ3n) is 3.67. The molecule has 0 aliphatic carbocycles. The molecule has 0 saturated heterocycles. The normalized spacial score (nSPS) is 17.0. The highest BCUT2D eigenvalue weighted by Gasteiger charge is 2.44. The molecule has 0 bridgehead atoms. The first kappa shape index (κ1) is 15.7. The zero-order valence-electron chi connectivity index (χ0n) is 12.3. The number of hydrogen-bond donors (Lipinski definition) is 2. The Morgan fingerprint density at radius 2 is 2.00 bits per heavy atom. The number of hydrogen-bond acceptors (Lipinski definition) is 5. The standard InChI is InChI=1S/C15H11F3N4O2/c1-23-8-4-2-7(3-5-8)10-9(6-19)13(20)24-14-11(10)12(21-22-14)15(16,17)18/h2-5,10H,20H2,1H3,(H,21,22)/t10-/m0/s1. The molecule has 3 N–H and O–H groups in total. The highest BCUT2D eigenvalue weighted by molar-refractivity contribution is 5.56. The number of halogens is 3. The van der Waals surface area contributed by atoms with Crippen molar-refractivity contribution >= 4 is 0 Å². The first-order valence-corrected chi connectivity index (χ1v) is 6.73. The molecule has 0 fully saturated rings. The van der Waals surface area contributed by atoms with Crippen LogP contribution in [-0.4, -0.2) is 17.3 Å². The van der Waals surface area contributed by atoms with Crippen LogP contribution < -0.4 is 15.2 Å². The third kappa shape index (κ3) is 2.42. The molecule has 24 heavy (non-hydrogen) atoms. The van der Waals surface area contributed by atoms with E-state index in [4.69, 9.17) is 15.2 Å². The first-order valence-electron chi connectivity index (χ1n) is 6.73. The van der Waals surface area contributed by atoms with Crippen molar-refractivity contribution in [3.05, 3.63) is 52.5 Å². The van der Waals surface area contributed by atoms with Gasteiger partial charge < -0.3 is 15.2 Å². The van der Waals surface area contributed by atoms with Crippen molar-refractivity contribution < 1.29 is 22.6 Å². The molecule has 2 aromatic rings. The monoisotopic (exact) mass is 336 g/mol. The van der Waals surface area contributed by atoms with E-state index < -0.39 is 17.8 Å². The predicted molar refractivity (Wildman–Crippen MR) is 75.9 cm³/mol. The van der Waals surface area contributed by atoms with Crippen LogP contribution in [0.3, 0.4) is 0 Å². The van der Waals surface area contributed by atoms with Crippen molar-refractivity contribution in [2.45, 2.75) is 12.1 Å². The van der Waals surface area contributed by atoms with Gasteiger partial charge in [-0.15, -0.1) is 5.10 Å². The van der Waals surface area contributed by atoms with Gasteiger partial charge in [0, 0.05) is 0 Å². The number of benzene rings is 1. The molecule has 1 aromatic carbocycles. The summed E-state index contributed by atoms with van der Waals surface area (Å²) in [6.07, 6.45) is -4.68. The van der Waals surface area contributed by atoms with Gasteiger partial charge in [0.05, 0.1) is 18.6 Å². The smallest absolute Gasteiger partial charge is 0.433 e. The molecule has 9 heteroatoms. The Bertz CT molecular complexity index is 847. The molecule has 0 amide bonds. The summed E-state index contributed by atoms with van der Waals surface area (Å²) >= 11 is 0. The number of rotatable bonds is 2. The van der Waals surface area contributed by atoms with Crippen molar-refractivity contribution in [1.82, 2.24) is 10.2 Å². The van der Waals surface area contributed by atoms with Gasteiger partial charge in [0.1, 0.15) is 23.1 Å². The highest BCUT2D eigenvalue weighted by atomic mass is 19.4. The van der Waals surface area contributed by atoms with Crippen LogP contribution in [0, 0.1) is 11.3 Å². The summed E-state index contributed by atoms with van der Waals surface area (Å²) < 4.78 is 49.9. The van der Waals surface area contributed by atoms with Crippen LogP contribution in [0.5, 0.6) is 11.6 Å². The summed E-state index contributed by atoms with van der Waals surface area (Å²) in [5.41, 5.74) is 4.67. The van der Waals surface area contributed by atoms with Gasteiger partial charge in [0.15, 0.2) is 0 Å². The summed E-state index contributed by atoms with van der Waals surface area (Å²) in [4.78, 5) is 0. The molecule has 0 saturated carbocycles. The van der Waals surface area contributed by atoms with Gasteiger partial charge >= 0.3 is 6.18 Å². The summed E-state index contributed by atoms with van der Waals surface area (Å²) in [5.74, 6) is -1.07. The Morgan fingerprint density at radius 3 is 2.54 bits per heavy atom. The van der Waals surface area contributed by atoms with Crippen molar-refractivity contribution in [3.8, 4) is 17.7 Å². The van der Waals surface area contributed by atoms with Crippen LogP contribution >= 0.6 is 0 Å². The number of ether oxygens (including phenoxy) is 2. The minimum atomic E-state index is -4.68. The molecule has 6 nitrogen and oxygen atoms in total. The zero-order chi connectivity index (χ0) is 17.5. The number of nitrogens with zero attached hydrogens (tertiary/aromatic N) is 2. The summed E-state index contributed by atoms with van der Waals surface area (Å²) in [6, 6.07) is 8.13. The van der Waals surface area contributed by atoms with E-state index in [0.29, 0.717) is 11.3 Å². The van der Waals surface area contributed by atoms with Gasteiger partial charge in [0.25, 0.3) is 0 Å². The number of nitriles is 1. The Morgan fingerprint density at radius 1 is 1.33 bits per heavy atom. The van der Waals surface area contributed by atoms with Crippen LogP contribution in [0.2, 0.25) is 0 Å². The summed E-state index contributed by atoms with van der Waals surface area (Å²) in [7, 11) is 1.47. The van der Waals surface area contributed by atoms with Crippen LogP contribution in [0.15, 0.2) is 35.7 Å². The average Bonchev–Trinajstić information content (AvgIpc) is 2.97. The number of nitrogens with two attached hydrogens (primary N) is 1. The van der Waals surface area contributed by atoms with E-state index in [1.165, 1.54) is 7.11 Å². The number of aromatic nitrogens is 2. The Kier molecular flexibility index (Phi) is 3.60. The van der Waals surface area contributed by atoms with Crippen LogP contribution in [-0.2, 0) is 6.18 Å². The van der Waals surface area contributed by atoms with Crippen molar-refractivity contribution in [2.75, 3.05) is 7.11 Å². The molecule has 124 valence electrons. The zero-order valence-corrected chi connectivity index (χ0v) is 12.3. The van der Waals surface area contributed by atoms with E-state index in [0.717, 1.165) is 0 Å². The van der Waals surface area contributed by atoms with Crippen molar-refractivity contribution in [2.24, 2.45) is 5.73 Å². The SMILES string of the molecule is COc1ccc([C@H]2C(C#N)=C(N)Oc3n[nH]c(C(F)(F)F)c32)cc1. The largest absolute Gasteiger partial charge is 0.497 e. The van der Waals surface area contributed by atoms with E-state index in [2.05, 4.69) is 5.10 Å². The van der Waals surface area contributed by atoms with Gasteiger partial charge in [-0.2, -0.15) is 18.4 Å². The second kappa shape index (κ2) is 5.49. The summed E-state index contributed by atoms with van der Waals surface area (Å²) in [5, 5.41) is 14.8. The molecular weight excluding hydrogens is 325 g/mol. The second-order valence-electron chi connectivity index (χ2n) is 5.01. The lowest BCUT2D eigenvalue weighted by Gasteiger charge is -2.24. The fraction of sp³-hybridized carbons (Fsp3) is 0.200. The minimum absolute atomic E-state index is 0.112. The lowest BCUT2D eigenvalue weighted by atomic mass is 9.84. The van der Waals surface area contributed by atoms with E-state index in [1.54, 1.807) is 24.3 Å². The van der Waals surface area contributed by atoms with E-state index >= 15 is 0 Å². The van der Waals surface area contributed by atoms with Crippen LogP contribution in [0.1, 0.15) is 22.7 Å². The number of nitrogens with one attached hydrogen (secondary N) is 1. The Labute approximate surface area is 134 Å². The van der Waals surface area contributed by atoms with Gasteiger partial charge in [-0.1, -0.05) is 12.1 Å². The van der Waals surface area contributed by atoms with Crippen molar-refractivity contribution in [3.63, 3.8) is 0 Å². The molecule has 1 aliphatic heterocycles. The molecule has 1 aromatic heterocycles. The molecule has 1 atom stereocenters. The van der Waals surface area contributed by atoms with Gasteiger partial charge in [0.2, 0.25) is 11.8 Å². The minimum Gasteiger partial charge on any atom is -0.497 e. The Balaban J connectivity index is 2.22. The third-order valence-corrected chi connectivity index (χ3v) is 3.67. The van der Waals surface area contributed by atoms with Crippen molar-refractivity contribution in [1.29, 1.82) is 5.26 Å². The fourth-order valence-corrected chi connectivity index (χ4v) is 2.59. The number of fused-ring (bicyclic) bond motifs is 1. The number of methoxy groups -OCH3 is 1. The molecular formula is C15H11F3N4O2. The molecule has 3 rings (SSSR count). The number of aromatic amines is 1. The Hall–Kier alpha value is -3.15. The van der Waals surface area contributed by atoms with E-state index in [9.17, 15) is 18.4 Å². The molecule has 0 radical (unpaired) electrons. The maximum absolute atomic E-state index is 13.3. The van der Waals surface area contributed by atoms with E-state index in [1.807, 2.05) is 11.2 Å². The maximum Gasteiger partial charge on any atom is 0.433 e. The maximum atomic E-state index is 13.3. The van der Waals surface area contributed by atoms with Gasteiger partial charge in [-0.3, -0.25) is 5.10 Å². The number of H-pyrrole nitrogens is 1. The molecule has 0 spiro atoms.